The third-order valence-electron chi connectivity index (χ3n) is 2.87. The number of halogens is 1. The molecule has 0 saturated carbocycles. The molecule has 5 nitrogen and oxygen atoms in total. The number of nitro groups is 1. The second-order valence-electron chi connectivity index (χ2n) is 4.27. The normalized spacial score (nSPS) is 10.7. The highest BCUT2D eigenvalue weighted by atomic mass is 35.5. The summed E-state index contributed by atoms with van der Waals surface area (Å²) < 4.78 is 6.69. The van der Waals surface area contributed by atoms with Crippen LogP contribution in [0.2, 0.25) is 5.02 Å². The molecule has 2 heterocycles. The molecule has 0 bridgehead atoms. The van der Waals surface area contributed by atoms with E-state index in [4.69, 9.17) is 16.3 Å². The van der Waals surface area contributed by atoms with Crippen molar-refractivity contribution in [2.45, 2.75) is 6.61 Å². The highest BCUT2D eigenvalue weighted by Crippen LogP contribution is 2.35. The number of hydrogen-bond acceptors (Lipinski definition) is 5. The Morgan fingerprint density at radius 3 is 2.90 bits per heavy atom. The molecule has 0 unspecified atom stereocenters. The van der Waals surface area contributed by atoms with Gasteiger partial charge in [-0.1, -0.05) is 29.8 Å². The molecule has 21 heavy (non-hydrogen) atoms. The van der Waals surface area contributed by atoms with E-state index in [-0.39, 0.29) is 23.1 Å². The van der Waals surface area contributed by atoms with E-state index in [1.54, 1.807) is 11.3 Å². The summed E-state index contributed by atoms with van der Waals surface area (Å²) in [5.41, 5.74) is -0.233. The second kappa shape index (κ2) is 5.67. The summed E-state index contributed by atoms with van der Waals surface area (Å²) in [7, 11) is 0. The van der Waals surface area contributed by atoms with Crippen LogP contribution in [0.25, 0.3) is 10.1 Å². The van der Waals surface area contributed by atoms with Gasteiger partial charge in [0.2, 0.25) is 5.75 Å². The van der Waals surface area contributed by atoms with Gasteiger partial charge in [-0.15, -0.1) is 11.3 Å². The number of hydrogen-bond donors (Lipinski definition) is 0. The molecule has 3 aromatic rings. The van der Waals surface area contributed by atoms with Crippen molar-refractivity contribution in [3.05, 3.63) is 62.7 Å². The smallest absolute Gasteiger partial charge is 0.330 e. The minimum Gasteiger partial charge on any atom is -0.480 e. The van der Waals surface area contributed by atoms with Gasteiger partial charge in [-0.25, -0.2) is 0 Å². The van der Waals surface area contributed by atoms with Crippen LogP contribution in [-0.4, -0.2) is 9.91 Å². The molecule has 2 aromatic heterocycles. The van der Waals surface area contributed by atoms with Gasteiger partial charge in [-0.05, 0) is 17.5 Å². The summed E-state index contributed by atoms with van der Waals surface area (Å²) in [6.45, 7) is 0.226. The first-order valence-corrected chi connectivity index (χ1v) is 7.23. The van der Waals surface area contributed by atoms with Crippen LogP contribution in [0, 0.1) is 10.1 Å². The van der Waals surface area contributed by atoms with Crippen molar-refractivity contribution in [2.75, 3.05) is 0 Å². The zero-order chi connectivity index (χ0) is 14.8. The van der Waals surface area contributed by atoms with Crippen molar-refractivity contribution in [3.63, 3.8) is 0 Å². The van der Waals surface area contributed by atoms with E-state index in [0.717, 1.165) is 21.2 Å². The Morgan fingerprint density at radius 1 is 1.33 bits per heavy atom. The molecular formula is C14H9ClN2O3S. The first-order valence-electron chi connectivity index (χ1n) is 6.03. The number of aromatic nitrogens is 1. The van der Waals surface area contributed by atoms with E-state index in [0.29, 0.717) is 0 Å². The molecule has 0 aliphatic carbocycles. The predicted molar refractivity (Wildman–Crippen MR) is 82.1 cm³/mol. The highest BCUT2D eigenvalue weighted by molar-refractivity contribution is 7.19. The van der Waals surface area contributed by atoms with Crippen molar-refractivity contribution in [2.24, 2.45) is 0 Å². The summed E-state index contributed by atoms with van der Waals surface area (Å²) in [6, 6.07) is 9.96. The molecule has 0 amide bonds. The number of thiophene rings is 1. The molecule has 0 aliphatic heterocycles. The van der Waals surface area contributed by atoms with Crippen LogP contribution >= 0.6 is 22.9 Å². The van der Waals surface area contributed by atoms with Crippen LogP contribution in [0.3, 0.4) is 0 Å². The standard InChI is InChI=1S/C14H9ClN2O3S/c15-11-6-16-7-12(17(18)19)14(11)20-8-10-5-9-3-1-2-4-13(9)21-10/h1-7H,8H2. The lowest BCUT2D eigenvalue weighted by Crippen LogP contribution is -1.99. The van der Waals surface area contributed by atoms with Crippen molar-refractivity contribution in [1.29, 1.82) is 0 Å². The van der Waals surface area contributed by atoms with E-state index < -0.39 is 4.92 Å². The van der Waals surface area contributed by atoms with Gasteiger partial charge >= 0.3 is 5.69 Å². The molecule has 0 atom stereocenters. The Balaban J connectivity index is 1.86. The minimum absolute atomic E-state index is 0.0501. The van der Waals surface area contributed by atoms with Crippen molar-refractivity contribution < 1.29 is 9.66 Å². The maximum atomic E-state index is 11.0. The topological polar surface area (TPSA) is 65.3 Å². The van der Waals surface area contributed by atoms with Gasteiger partial charge in [0.25, 0.3) is 0 Å². The van der Waals surface area contributed by atoms with Gasteiger partial charge in [0, 0.05) is 15.8 Å². The van der Waals surface area contributed by atoms with Gasteiger partial charge in [-0.3, -0.25) is 15.1 Å². The van der Waals surface area contributed by atoms with Crippen molar-refractivity contribution >= 4 is 38.7 Å². The maximum Gasteiger partial charge on any atom is 0.330 e. The molecule has 0 radical (unpaired) electrons. The summed E-state index contributed by atoms with van der Waals surface area (Å²) in [5, 5.41) is 12.2. The number of fused-ring (bicyclic) bond motifs is 1. The van der Waals surface area contributed by atoms with Crippen LogP contribution in [0.15, 0.2) is 42.7 Å². The number of rotatable bonds is 4. The van der Waals surface area contributed by atoms with E-state index in [2.05, 4.69) is 4.98 Å². The molecule has 0 fully saturated rings. The van der Waals surface area contributed by atoms with Crippen molar-refractivity contribution in [1.82, 2.24) is 4.98 Å². The van der Waals surface area contributed by atoms with Crippen LogP contribution in [0.1, 0.15) is 4.88 Å². The SMILES string of the molecule is O=[N+]([O-])c1cncc(Cl)c1OCc1cc2ccccc2s1. The summed E-state index contributed by atoms with van der Waals surface area (Å²) >= 11 is 7.51. The molecule has 0 spiro atoms. The molecule has 7 heteroatoms. The Labute approximate surface area is 128 Å². The summed E-state index contributed by atoms with van der Waals surface area (Å²) in [4.78, 5) is 15.1. The number of ether oxygens (including phenoxy) is 1. The van der Waals surface area contributed by atoms with Crippen LogP contribution < -0.4 is 4.74 Å². The average molecular weight is 321 g/mol. The molecule has 1 aromatic carbocycles. The lowest BCUT2D eigenvalue weighted by molar-refractivity contribution is -0.386. The first-order chi connectivity index (χ1) is 10.1. The maximum absolute atomic E-state index is 11.0. The average Bonchev–Trinajstić information content (AvgIpc) is 2.88. The Hall–Kier alpha value is -2.18. The van der Waals surface area contributed by atoms with E-state index in [9.17, 15) is 10.1 Å². The fourth-order valence-electron chi connectivity index (χ4n) is 1.94. The Morgan fingerprint density at radius 2 is 2.14 bits per heavy atom. The minimum atomic E-state index is -0.556. The zero-order valence-corrected chi connectivity index (χ0v) is 12.2. The monoisotopic (exact) mass is 320 g/mol. The second-order valence-corrected chi connectivity index (χ2v) is 5.84. The molecule has 0 aliphatic rings. The van der Waals surface area contributed by atoms with Gasteiger partial charge < -0.3 is 4.74 Å². The summed E-state index contributed by atoms with van der Waals surface area (Å²) in [5.74, 6) is 0.0501. The molecule has 0 saturated heterocycles. The number of benzene rings is 1. The lowest BCUT2D eigenvalue weighted by atomic mass is 10.2. The molecule has 3 rings (SSSR count). The van der Waals surface area contributed by atoms with Crippen LogP contribution in [-0.2, 0) is 6.61 Å². The predicted octanol–water partition coefficient (Wildman–Crippen LogP) is 4.44. The molecule has 106 valence electrons. The molecule has 0 N–H and O–H groups in total. The highest BCUT2D eigenvalue weighted by Gasteiger charge is 2.19. The lowest BCUT2D eigenvalue weighted by Gasteiger charge is -2.06. The van der Waals surface area contributed by atoms with E-state index in [1.165, 1.54) is 6.20 Å². The zero-order valence-electron chi connectivity index (χ0n) is 10.7. The number of nitrogens with zero attached hydrogens (tertiary/aromatic N) is 2. The fourth-order valence-corrected chi connectivity index (χ4v) is 3.12. The third kappa shape index (κ3) is 2.81. The summed E-state index contributed by atoms with van der Waals surface area (Å²) in [6.07, 6.45) is 2.46. The third-order valence-corrected chi connectivity index (χ3v) is 4.23. The fraction of sp³-hybridized carbons (Fsp3) is 0.0714. The van der Waals surface area contributed by atoms with Gasteiger partial charge in [-0.2, -0.15) is 0 Å². The Kier molecular flexibility index (Phi) is 3.72. The van der Waals surface area contributed by atoms with Gasteiger partial charge in [0.1, 0.15) is 17.8 Å². The van der Waals surface area contributed by atoms with Crippen LogP contribution in [0.4, 0.5) is 5.69 Å². The van der Waals surface area contributed by atoms with E-state index >= 15 is 0 Å². The van der Waals surface area contributed by atoms with Gasteiger partial charge in [0.15, 0.2) is 0 Å². The quantitative estimate of drug-likeness (QED) is 0.526. The van der Waals surface area contributed by atoms with Crippen molar-refractivity contribution in [3.8, 4) is 5.75 Å². The van der Waals surface area contributed by atoms with E-state index in [1.807, 2.05) is 30.3 Å². The Bertz CT molecular complexity index is 786. The van der Waals surface area contributed by atoms with Crippen LogP contribution in [0.5, 0.6) is 5.75 Å². The van der Waals surface area contributed by atoms with Gasteiger partial charge in [0.05, 0.1) is 4.92 Å². The first kappa shape index (κ1) is 13.8. The largest absolute Gasteiger partial charge is 0.480 e. The molecular weight excluding hydrogens is 312 g/mol. The number of pyridine rings is 1.